The first-order valence-corrected chi connectivity index (χ1v) is 7.76. The van der Waals surface area contributed by atoms with Gasteiger partial charge >= 0.3 is 0 Å². The maximum Gasteiger partial charge on any atom is 0.227 e. The predicted octanol–water partition coefficient (Wildman–Crippen LogP) is 3.05. The molecule has 5 nitrogen and oxygen atoms in total. The monoisotopic (exact) mass is 313 g/mol. The number of hydrogen-bond acceptors (Lipinski definition) is 4. The van der Waals surface area contributed by atoms with Crippen LogP contribution in [0, 0.1) is 12.3 Å². The number of likely N-dealkylation sites (N-methyl/N-ethyl adjacent to an activating group) is 1. The Morgan fingerprint density at radius 1 is 1.43 bits per heavy atom. The number of nitrogens with zero attached hydrogens (tertiary/aromatic N) is 3. The first-order valence-electron chi connectivity index (χ1n) is 7.76. The molecule has 1 atom stereocenters. The fourth-order valence-corrected chi connectivity index (χ4v) is 2.54. The van der Waals surface area contributed by atoms with Crippen molar-refractivity contribution in [2.45, 2.75) is 44.3 Å². The van der Waals surface area contributed by atoms with Crippen LogP contribution in [0.5, 0.6) is 5.75 Å². The Morgan fingerprint density at radius 2 is 2.13 bits per heavy atom. The lowest BCUT2D eigenvalue weighted by molar-refractivity contribution is -0.132. The first kappa shape index (κ1) is 17.0. The number of ether oxygens (including phenoxy) is 1. The Bertz CT molecular complexity index is 627. The van der Waals surface area contributed by atoms with Crippen LogP contribution in [-0.4, -0.2) is 36.7 Å². The van der Waals surface area contributed by atoms with Crippen molar-refractivity contribution >= 4 is 5.91 Å². The summed E-state index contributed by atoms with van der Waals surface area (Å²) in [6.07, 6.45) is 7.53. The zero-order valence-electron chi connectivity index (χ0n) is 14.0. The second-order valence-corrected chi connectivity index (χ2v) is 5.93. The molecule has 5 heteroatoms. The minimum Gasteiger partial charge on any atom is -0.496 e. The third-order valence-electron chi connectivity index (χ3n) is 4.25. The number of carbonyl (C=O) groups excluding carboxylic acids is 1. The van der Waals surface area contributed by atoms with Crippen LogP contribution in [0.15, 0.2) is 34.5 Å². The third-order valence-corrected chi connectivity index (χ3v) is 4.25. The molecular weight excluding hydrogens is 290 g/mol. The van der Waals surface area contributed by atoms with E-state index in [-0.39, 0.29) is 11.9 Å². The van der Waals surface area contributed by atoms with E-state index in [9.17, 15) is 4.79 Å². The van der Waals surface area contributed by atoms with E-state index in [4.69, 9.17) is 11.2 Å². The summed E-state index contributed by atoms with van der Waals surface area (Å²) in [5.74, 6) is 3.46. The molecule has 0 aromatic heterocycles. The normalized spacial score (nSPS) is 15.6. The van der Waals surface area contributed by atoms with E-state index in [0.717, 1.165) is 17.7 Å². The van der Waals surface area contributed by atoms with E-state index in [2.05, 4.69) is 16.1 Å². The number of hydrogen-bond donors (Lipinski definition) is 0. The highest BCUT2D eigenvalue weighted by atomic mass is 16.5. The van der Waals surface area contributed by atoms with Crippen LogP contribution in [0.3, 0.4) is 0 Å². The van der Waals surface area contributed by atoms with Crippen LogP contribution in [0.25, 0.3) is 0 Å². The molecule has 1 aliphatic rings. The molecule has 0 bridgehead atoms. The lowest BCUT2D eigenvalue weighted by atomic mass is 10.0. The molecule has 1 heterocycles. The Kier molecular flexibility index (Phi) is 5.38. The summed E-state index contributed by atoms with van der Waals surface area (Å²) in [5, 5.41) is 8.05. The van der Waals surface area contributed by atoms with Crippen molar-refractivity contribution in [1.82, 2.24) is 4.90 Å². The van der Waals surface area contributed by atoms with Crippen LogP contribution in [0.2, 0.25) is 0 Å². The van der Waals surface area contributed by atoms with Gasteiger partial charge in [-0.3, -0.25) is 4.79 Å². The highest BCUT2D eigenvalue weighted by Gasteiger charge is 2.42. The molecule has 0 aliphatic carbocycles. The van der Waals surface area contributed by atoms with E-state index >= 15 is 0 Å². The van der Waals surface area contributed by atoms with E-state index < -0.39 is 5.66 Å². The summed E-state index contributed by atoms with van der Waals surface area (Å²) in [5.41, 5.74) is 0.520. The molecule has 2 rings (SSSR count). The van der Waals surface area contributed by atoms with Crippen molar-refractivity contribution in [3.63, 3.8) is 0 Å². The van der Waals surface area contributed by atoms with Crippen molar-refractivity contribution in [1.29, 1.82) is 0 Å². The maximum atomic E-state index is 12.5. The van der Waals surface area contributed by atoms with Crippen molar-refractivity contribution in [2.75, 3.05) is 14.2 Å². The van der Waals surface area contributed by atoms with E-state index in [1.165, 1.54) is 0 Å². The minimum atomic E-state index is -0.568. The summed E-state index contributed by atoms with van der Waals surface area (Å²) in [7, 11) is 3.48. The first-order chi connectivity index (χ1) is 11.0. The Morgan fingerprint density at radius 3 is 2.74 bits per heavy atom. The second-order valence-electron chi connectivity index (χ2n) is 5.93. The number of rotatable bonds is 8. The Hall–Kier alpha value is -2.35. The smallest absolute Gasteiger partial charge is 0.227 e. The molecule has 0 N–H and O–H groups in total. The second kappa shape index (κ2) is 7.28. The lowest BCUT2D eigenvalue weighted by Crippen LogP contribution is -2.38. The van der Waals surface area contributed by atoms with Gasteiger partial charge in [0, 0.05) is 25.9 Å². The number of benzene rings is 1. The average Bonchev–Trinajstić information content (AvgIpc) is 3.32. The van der Waals surface area contributed by atoms with Crippen LogP contribution >= 0.6 is 0 Å². The van der Waals surface area contributed by atoms with Crippen LogP contribution in [0.1, 0.15) is 31.7 Å². The van der Waals surface area contributed by atoms with Gasteiger partial charge in [0.1, 0.15) is 5.75 Å². The molecule has 0 fully saturated rings. The van der Waals surface area contributed by atoms with Gasteiger partial charge in [0.2, 0.25) is 11.6 Å². The Labute approximate surface area is 137 Å². The topological polar surface area (TPSA) is 54.3 Å². The summed E-state index contributed by atoms with van der Waals surface area (Å²) in [6.45, 7) is 2.03. The van der Waals surface area contributed by atoms with Gasteiger partial charge in [0.05, 0.1) is 13.5 Å². The third kappa shape index (κ3) is 4.32. The van der Waals surface area contributed by atoms with Crippen LogP contribution in [-0.2, 0) is 11.2 Å². The minimum absolute atomic E-state index is 0.0365. The fraction of sp³-hybridized carbons (Fsp3) is 0.500. The standard InChI is InChI=1S/C18H23N3O2/c1-5-6-11-18(19-20-18)13-17(22)21(3)14(2)12-15-9-7-8-10-16(15)23-4/h1,7-10,14H,6,11-13H2,2-4H3. The van der Waals surface area contributed by atoms with Gasteiger partial charge in [-0.05, 0) is 25.0 Å². The van der Waals surface area contributed by atoms with Gasteiger partial charge < -0.3 is 9.64 Å². The van der Waals surface area contributed by atoms with Crippen LogP contribution < -0.4 is 4.74 Å². The highest BCUT2D eigenvalue weighted by Crippen LogP contribution is 2.37. The van der Waals surface area contributed by atoms with Crippen molar-refractivity contribution < 1.29 is 9.53 Å². The average molecular weight is 313 g/mol. The summed E-state index contributed by atoms with van der Waals surface area (Å²) in [4.78, 5) is 14.2. The molecule has 0 saturated heterocycles. The van der Waals surface area contributed by atoms with Gasteiger partial charge in [-0.15, -0.1) is 12.3 Å². The molecule has 122 valence electrons. The summed E-state index contributed by atoms with van der Waals surface area (Å²) in [6, 6.07) is 7.92. The Balaban J connectivity index is 1.93. The molecule has 0 saturated carbocycles. The predicted molar refractivity (Wildman–Crippen MR) is 89.2 cm³/mol. The summed E-state index contributed by atoms with van der Waals surface area (Å²) < 4.78 is 5.37. The zero-order chi connectivity index (χ0) is 16.9. The van der Waals surface area contributed by atoms with Gasteiger partial charge in [0.15, 0.2) is 0 Å². The molecule has 1 unspecified atom stereocenters. The zero-order valence-corrected chi connectivity index (χ0v) is 14.0. The molecule has 1 aromatic rings. The van der Waals surface area contributed by atoms with E-state index in [0.29, 0.717) is 19.3 Å². The van der Waals surface area contributed by atoms with Gasteiger partial charge in [-0.2, -0.15) is 10.2 Å². The summed E-state index contributed by atoms with van der Waals surface area (Å²) >= 11 is 0. The number of amides is 1. The molecule has 0 spiro atoms. The van der Waals surface area contributed by atoms with Gasteiger partial charge in [-0.1, -0.05) is 18.2 Å². The highest BCUT2D eigenvalue weighted by molar-refractivity contribution is 5.77. The largest absolute Gasteiger partial charge is 0.496 e. The SMILES string of the molecule is C#CCCC1(CC(=O)N(C)C(C)Cc2ccccc2OC)N=N1. The van der Waals surface area contributed by atoms with Gasteiger partial charge in [0.25, 0.3) is 0 Å². The molecule has 23 heavy (non-hydrogen) atoms. The van der Waals surface area contributed by atoms with Crippen molar-refractivity contribution in [3.8, 4) is 18.1 Å². The molecule has 1 aliphatic heterocycles. The van der Waals surface area contributed by atoms with Crippen molar-refractivity contribution in [3.05, 3.63) is 29.8 Å². The van der Waals surface area contributed by atoms with E-state index in [1.54, 1.807) is 12.0 Å². The molecule has 0 radical (unpaired) electrons. The number of para-hydroxylation sites is 1. The lowest BCUT2D eigenvalue weighted by Gasteiger charge is -2.26. The number of methoxy groups -OCH3 is 1. The van der Waals surface area contributed by atoms with Crippen molar-refractivity contribution in [2.24, 2.45) is 10.2 Å². The number of carbonyl (C=O) groups is 1. The molecule has 1 aromatic carbocycles. The fourth-order valence-electron chi connectivity index (χ4n) is 2.54. The maximum absolute atomic E-state index is 12.5. The molecular formula is C18H23N3O2. The number of terminal acetylenes is 1. The molecule has 1 amide bonds. The van der Waals surface area contributed by atoms with E-state index in [1.807, 2.05) is 38.2 Å². The van der Waals surface area contributed by atoms with Crippen LogP contribution in [0.4, 0.5) is 0 Å². The van der Waals surface area contributed by atoms with Gasteiger partial charge in [-0.25, -0.2) is 0 Å². The quantitative estimate of drug-likeness (QED) is 0.693.